The number of carbonyl (C=O) groups is 2. The van der Waals surface area contributed by atoms with Crippen molar-refractivity contribution in [2.24, 2.45) is 11.8 Å². The van der Waals surface area contributed by atoms with Gasteiger partial charge in [0.15, 0.2) is 0 Å². The number of urea groups is 1. The largest absolute Gasteiger partial charge is 0.325 e. The Morgan fingerprint density at radius 2 is 1.90 bits per heavy atom. The lowest BCUT2D eigenvalue weighted by Crippen LogP contribution is -2.58. The Morgan fingerprint density at radius 1 is 1.29 bits per heavy atom. The molecule has 1 aliphatic carbocycles. The normalized spacial score (nSPS) is 33.1. The Kier molecular flexibility index (Phi) is 4.91. The minimum Gasteiger partial charge on any atom is -0.323 e. The molecule has 21 heavy (non-hydrogen) atoms. The van der Waals surface area contributed by atoms with E-state index in [0.29, 0.717) is 12.6 Å². The predicted molar refractivity (Wildman–Crippen MR) is 82.9 cm³/mol. The van der Waals surface area contributed by atoms with Crippen LogP contribution in [0, 0.1) is 11.8 Å². The standard InChI is InChI=1S/C16H29N3O2/c1-11(2)17-9-6-10-19-14(20)16(18-15(19)21)12(3)7-5-8-13(16)4/h11-13,17H,5-10H2,1-4H3,(H,18,21). The zero-order valence-corrected chi connectivity index (χ0v) is 13.7. The molecule has 1 heterocycles. The molecule has 2 unspecified atom stereocenters. The lowest BCUT2D eigenvalue weighted by molar-refractivity contribution is -0.136. The van der Waals surface area contributed by atoms with E-state index in [0.717, 1.165) is 32.2 Å². The van der Waals surface area contributed by atoms with Gasteiger partial charge in [0.2, 0.25) is 0 Å². The summed E-state index contributed by atoms with van der Waals surface area (Å²) in [5.74, 6) is 0.435. The number of imide groups is 1. The Bertz CT molecular complexity index is 398. The molecule has 2 rings (SSSR count). The third-order valence-corrected chi connectivity index (χ3v) is 5.10. The molecular formula is C16H29N3O2. The van der Waals surface area contributed by atoms with Crippen LogP contribution >= 0.6 is 0 Å². The molecule has 2 aliphatic rings. The topological polar surface area (TPSA) is 61.4 Å². The second-order valence-corrected chi connectivity index (χ2v) is 6.95. The lowest BCUT2D eigenvalue weighted by Gasteiger charge is -2.42. The van der Waals surface area contributed by atoms with Crippen molar-refractivity contribution < 1.29 is 9.59 Å². The molecule has 1 aliphatic heterocycles. The molecule has 5 nitrogen and oxygen atoms in total. The number of rotatable bonds is 5. The van der Waals surface area contributed by atoms with Gasteiger partial charge in [0.25, 0.3) is 5.91 Å². The van der Waals surface area contributed by atoms with Crippen LogP contribution in [0.25, 0.3) is 0 Å². The van der Waals surface area contributed by atoms with Crippen molar-refractivity contribution in [2.45, 2.75) is 65.0 Å². The molecule has 3 amide bonds. The second-order valence-electron chi connectivity index (χ2n) is 6.95. The summed E-state index contributed by atoms with van der Waals surface area (Å²) in [6.45, 7) is 9.70. The average Bonchev–Trinajstić information content (AvgIpc) is 2.66. The minimum atomic E-state index is -0.652. The first kappa shape index (κ1) is 16.3. The smallest absolute Gasteiger partial charge is 0.323 e. The maximum Gasteiger partial charge on any atom is 0.325 e. The Morgan fingerprint density at radius 3 is 2.48 bits per heavy atom. The number of nitrogens with one attached hydrogen (secondary N) is 2. The third-order valence-electron chi connectivity index (χ3n) is 5.10. The van der Waals surface area contributed by atoms with Crippen LogP contribution in [-0.4, -0.2) is 41.5 Å². The highest BCUT2D eigenvalue weighted by molar-refractivity contribution is 6.07. The molecule has 1 saturated carbocycles. The number of nitrogens with zero attached hydrogens (tertiary/aromatic N) is 1. The molecule has 1 saturated heterocycles. The van der Waals surface area contributed by atoms with Crippen molar-refractivity contribution in [1.29, 1.82) is 0 Å². The van der Waals surface area contributed by atoms with Crippen molar-refractivity contribution in [1.82, 2.24) is 15.5 Å². The van der Waals surface area contributed by atoms with Crippen LogP contribution in [0.15, 0.2) is 0 Å². The monoisotopic (exact) mass is 295 g/mol. The second kappa shape index (κ2) is 6.34. The van der Waals surface area contributed by atoms with E-state index in [1.54, 1.807) is 0 Å². The predicted octanol–water partition coefficient (Wildman–Crippen LogP) is 2.12. The van der Waals surface area contributed by atoms with Gasteiger partial charge in [-0.2, -0.15) is 0 Å². The molecule has 0 bridgehead atoms. The summed E-state index contributed by atoms with van der Waals surface area (Å²) in [5.41, 5.74) is -0.652. The van der Waals surface area contributed by atoms with Crippen LogP contribution in [-0.2, 0) is 4.79 Å². The number of amides is 3. The summed E-state index contributed by atoms with van der Waals surface area (Å²) in [6, 6.07) is 0.225. The Labute approximate surface area is 127 Å². The molecule has 2 fully saturated rings. The zero-order chi connectivity index (χ0) is 15.6. The average molecular weight is 295 g/mol. The van der Waals surface area contributed by atoms with Crippen LogP contribution in [0.3, 0.4) is 0 Å². The van der Waals surface area contributed by atoms with Gasteiger partial charge in [-0.1, -0.05) is 34.1 Å². The van der Waals surface area contributed by atoms with E-state index in [9.17, 15) is 9.59 Å². The summed E-state index contributed by atoms with van der Waals surface area (Å²) >= 11 is 0. The van der Waals surface area contributed by atoms with E-state index in [2.05, 4.69) is 38.3 Å². The molecule has 1 spiro atoms. The number of carbonyl (C=O) groups excluding carboxylic acids is 2. The van der Waals surface area contributed by atoms with Gasteiger partial charge in [-0.15, -0.1) is 0 Å². The van der Waals surface area contributed by atoms with Gasteiger partial charge in [-0.3, -0.25) is 9.69 Å². The SMILES string of the molecule is CC(C)NCCCN1C(=O)NC2(C1=O)C(C)CCCC2C. The molecule has 0 radical (unpaired) electrons. The van der Waals surface area contributed by atoms with E-state index >= 15 is 0 Å². The first-order valence-corrected chi connectivity index (χ1v) is 8.27. The fraction of sp³-hybridized carbons (Fsp3) is 0.875. The van der Waals surface area contributed by atoms with E-state index in [1.165, 1.54) is 4.90 Å². The molecule has 2 atom stereocenters. The lowest BCUT2D eigenvalue weighted by atomic mass is 9.67. The van der Waals surface area contributed by atoms with Gasteiger partial charge in [-0.25, -0.2) is 4.79 Å². The van der Waals surface area contributed by atoms with Crippen LogP contribution in [0.5, 0.6) is 0 Å². The fourth-order valence-electron chi connectivity index (χ4n) is 3.78. The zero-order valence-electron chi connectivity index (χ0n) is 13.7. The third kappa shape index (κ3) is 2.93. The van der Waals surface area contributed by atoms with Crippen LogP contribution < -0.4 is 10.6 Å². The molecule has 2 N–H and O–H groups in total. The highest BCUT2D eigenvalue weighted by Gasteiger charge is 2.57. The highest BCUT2D eigenvalue weighted by atomic mass is 16.2. The van der Waals surface area contributed by atoms with Crippen molar-refractivity contribution >= 4 is 11.9 Å². The maximum absolute atomic E-state index is 12.9. The van der Waals surface area contributed by atoms with Crippen molar-refractivity contribution in [3.63, 3.8) is 0 Å². The van der Waals surface area contributed by atoms with Gasteiger partial charge in [0.05, 0.1) is 0 Å². The first-order valence-electron chi connectivity index (χ1n) is 8.27. The van der Waals surface area contributed by atoms with Crippen molar-refractivity contribution in [3.05, 3.63) is 0 Å². The summed E-state index contributed by atoms with van der Waals surface area (Å²) in [6.07, 6.45) is 3.97. The van der Waals surface area contributed by atoms with E-state index < -0.39 is 5.54 Å². The van der Waals surface area contributed by atoms with E-state index in [4.69, 9.17) is 0 Å². The van der Waals surface area contributed by atoms with E-state index in [1.807, 2.05) is 0 Å². The molecule has 0 aromatic heterocycles. The Hall–Kier alpha value is -1.10. The molecule has 120 valence electrons. The van der Waals surface area contributed by atoms with Gasteiger partial charge in [0, 0.05) is 12.6 Å². The molecule has 5 heteroatoms. The van der Waals surface area contributed by atoms with Gasteiger partial charge >= 0.3 is 6.03 Å². The van der Waals surface area contributed by atoms with Crippen LogP contribution in [0.4, 0.5) is 4.79 Å². The summed E-state index contributed by atoms with van der Waals surface area (Å²) < 4.78 is 0. The number of hydrogen-bond donors (Lipinski definition) is 2. The van der Waals surface area contributed by atoms with Crippen LogP contribution in [0.2, 0.25) is 0 Å². The van der Waals surface area contributed by atoms with Gasteiger partial charge in [-0.05, 0) is 37.6 Å². The quantitative estimate of drug-likeness (QED) is 0.603. The minimum absolute atomic E-state index is 0.00301. The van der Waals surface area contributed by atoms with Crippen LogP contribution in [0.1, 0.15) is 53.4 Å². The van der Waals surface area contributed by atoms with E-state index in [-0.39, 0.29) is 23.8 Å². The summed E-state index contributed by atoms with van der Waals surface area (Å²) in [7, 11) is 0. The van der Waals surface area contributed by atoms with Crippen molar-refractivity contribution in [3.8, 4) is 0 Å². The fourth-order valence-corrected chi connectivity index (χ4v) is 3.78. The highest BCUT2D eigenvalue weighted by Crippen LogP contribution is 2.42. The maximum atomic E-state index is 12.9. The molecule has 0 aromatic carbocycles. The van der Waals surface area contributed by atoms with Crippen molar-refractivity contribution in [2.75, 3.05) is 13.1 Å². The molecular weight excluding hydrogens is 266 g/mol. The summed E-state index contributed by atoms with van der Waals surface area (Å²) in [5, 5.41) is 6.35. The van der Waals surface area contributed by atoms with Gasteiger partial charge in [0.1, 0.15) is 5.54 Å². The summed E-state index contributed by atoms with van der Waals surface area (Å²) in [4.78, 5) is 26.5. The number of hydrogen-bond acceptors (Lipinski definition) is 3. The molecule has 0 aromatic rings. The Balaban J connectivity index is 2.02. The first-order chi connectivity index (χ1) is 9.89. The van der Waals surface area contributed by atoms with Gasteiger partial charge < -0.3 is 10.6 Å².